The Kier molecular flexibility index (Phi) is 10.3. The third-order valence-corrected chi connectivity index (χ3v) is 21.7. The summed E-state index contributed by atoms with van der Waals surface area (Å²) in [4.78, 5) is 5.34. The summed E-state index contributed by atoms with van der Waals surface area (Å²) in [6.45, 7) is 19.8. The van der Waals surface area contributed by atoms with E-state index in [4.69, 9.17) is 0 Å². The van der Waals surface area contributed by atoms with Crippen LogP contribution in [0, 0.1) is 0 Å². The minimum Gasteiger partial charge on any atom is -0.311 e. The van der Waals surface area contributed by atoms with Crippen LogP contribution in [-0.2, 0) is 21.7 Å². The van der Waals surface area contributed by atoms with Crippen molar-refractivity contribution in [1.29, 1.82) is 0 Å². The van der Waals surface area contributed by atoms with Gasteiger partial charge in [0.25, 0.3) is 6.71 Å². The van der Waals surface area contributed by atoms with Crippen LogP contribution in [-0.4, -0.2) is 15.7 Å². The highest BCUT2D eigenvalue weighted by Crippen LogP contribution is 2.54. The van der Waals surface area contributed by atoms with Gasteiger partial charge in [0, 0.05) is 72.1 Å². The van der Waals surface area contributed by atoms with E-state index in [2.05, 4.69) is 299 Å². The van der Waals surface area contributed by atoms with Crippen LogP contribution in [0.25, 0.3) is 87.8 Å². The predicted molar refractivity (Wildman–Crippen MR) is 371 cm³/mol. The number of hydrogen-bond acceptors (Lipinski definition) is 2. The fraction of sp³-hybridized carbons (Fsp3) is 0.195. The third kappa shape index (κ3) is 7.14. The standard InChI is InChI=1S/C82H69BN4/c1-79(2)38-39-80(3,4)64-47-56(33-34-63(64)79)86-74-49-66-65(81(5,6)40-41-82(66,7)8)48-68(74)83-67-35-30-52(50-31-36-71-61(42-50)58-25-16-17-28-69(58)84(71)54-20-11-9-12-21-54)44-73(67)85(55-22-13-10-14-23-55)75-45-53(46-76(86)77(75)83)51-32-37-72-62(43-51)60-27-19-26-59-57-24-15-18-29-70(57)87(72)78(59)60/h9-37,42-49H,38-41H2,1-8H3. The number of nitrogens with zero attached hydrogens (tertiary/aromatic N) is 4. The number of fused-ring (bicyclic) bond motifs is 15. The molecule has 0 bridgehead atoms. The van der Waals surface area contributed by atoms with Crippen molar-refractivity contribution < 1.29 is 0 Å². The molecule has 5 heterocycles. The van der Waals surface area contributed by atoms with E-state index in [0.717, 1.165) is 24.9 Å². The minimum atomic E-state index is -0.0541. The molecule has 3 aromatic heterocycles. The fourth-order valence-electron chi connectivity index (χ4n) is 16.9. The van der Waals surface area contributed by atoms with Crippen LogP contribution in [0.5, 0.6) is 0 Å². The lowest BCUT2D eigenvalue weighted by atomic mass is 9.33. The monoisotopic (exact) mass is 1120 g/mol. The van der Waals surface area contributed by atoms with Gasteiger partial charge in [0.05, 0.1) is 27.6 Å². The summed E-state index contributed by atoms with van der Waals surface area (Å²) < 4.78 is 4.92. The van der Waals surface area contributed by atoms with E-state index in [9.17, 15) is 0 Å². The van der Waals surface area contributed by atoms with Gasteiger partial charge < -0.3 is 18.8 Å². The maximum atomic E-state index is 2.72. The van der Waals surface area contributed by atoms with Crippen molar-refractivity contribution in [3.63, 3.8) is 0 Å². The molecule has 11 aromatic carbocycles. The number of aromatic nitrogens is 2. The molecule has 0 radical (unpaired) electrons. The smallest absolute Gasteiger partial charge is 0.252 e. The molecule has 0 amide bonds. The van der Waals surface area contributed by atoms with Crippen LogP contribution in [0.2, 0.25) is 0 Å². The normalized spacial score (nSPS) is 16.9. The molecule has 0 fully saturated rings. The first-order valence-corrected chi connectivity index (χ1v) is 31.7. The van der Waals surface area contributed by atoms with Gasteiger partial charge in [-0.25, -0.2) is 0 Å². The lowest BCUT2D eigenvalue weighted by Crippen LogP contribution is -2.61. The first-order valence-electron chi connectivity index (χ1n) is 31.7. The maximum Gasteiger partial charge on any atom is 0.252 e. The van der Waals surface area contributed by atoms with Crippen LogP contribution < -0.4 is 26.2 Å². The highest BCUT2D eigenvalue weighted by Gasteiger charge is 2.47. The zero-order valence-electron chi connectivity index (χ0n) is 51.1. The second-order valence-electron chi connectivity index (χ2n) is 28.6. The van der Waals surface area contributed by atoms with Crippen LogP contribution in [0.4, 0.5) is 34.1 Å². The molecule has 14 aromatic rings. The average Bonchev–Trinajstić information content (AvgIpc) is 1.11. The van der Waals surface area contributed by atoms with Crippen LogP contribution in [0.3, 0.4) is 0 Å². The quantitative estimate of drug-likeness (QED) is 0.160. The van der Waals surface area contributed by atoms with Gasteiger partial charge in [-0.15, -0.1) is 0 Å². The van der Waals surface area contributed by atoms with Gasteiger partial charge in [-0.1, -0.05) is 183 Å². The summed E-state index contributed by atoms with van der Waals surface area (Å²) in [5.41, 5.74) is 29.6. The van der Waals surface area contributed by atoms with E-state index >= 15 is 0 Å². The van der Waals surface area contributed by atoms with E-state index in [1.165, 1.54) is 161 Å². The highest BCUT2D eigenvalue weighted by atomic mass is 15.2. The molecular weight excluding hydrogens is 1050 g/mol. The number of anilines is 6. The Hall–Kier alpha value is -9.32. The van der Waals surface area contributed by atoms with Crippen molar-refractivity contribution in [3.8, 4) is 27.9 Å². The van der Waals surface area contributed by atoms with Crippen molar-refractivity contribution in [1.82, 2.24) is 8.97 Å². The predicted octanol–water partition coefficient (Wildman–Crippen LogP) is 20.0. The minimum absolute atomic E-state index is 0.00373. The Labute approximate surface area is 510 Å². The zero-order valence-corrected chi connectivity index (χ0v) is 51.1. The molecule has 2 aliphatic heterocycles. The molecule has 0 spiro atoms. The van der Waals surface area contributed by atoms with Crippen molar-refractivity contribution in [2.45, 2.75) is 103 Å². The molecular formula is C82H69BN4. The molecule has 87 heavy (non-hydrogen) atoms. The Morgan fingerprint density at radius 3 is 1.45 bits per heavy atom. The van der Waals surface area contributed by atoms with Gasteiger partial charge in [0.1, 0.15) is 0 Å². The van der Waals surface area contributed by atoms with Gasteiger partial charge in [0.15, 0.2) is 0 Å². The molecule has 5 heteroatoms. The van der Waals surface area contributed by atoms with E-state index in [0.29, 0.717) is 0 Å². The van der Waals surface area contributed by atoms with Crippen molar-refractivity contribution in [2.75, 3.05) is 9.80 Å². The molecule has 4 aliphatic rings. The van der Waals surface area contributed by atoms with E-state index in [-0.39, 0.29) is 28.4 Å². The Bertz CT molecular complexity index is 5250. The average molecular weight is 1120 g/mol. The van der Waals surface area contributed by atoms with Gasteiger partial charge in [-0.2, -0.15) is 0 Å². The second kappa shape index (κ2) is 17.7. The van der Waals surface area contributed by atoms with Crippen molar-refractivity contribution >= 4 is 117 Å². The van der Waals surface area contributed by atoms with Gasteiger partial charge in [-0.3, -0.25) is 0 Å². The number of hydrogen-bond donors (Lipinski definition) is 0. The number of rotatable bonds is 5. The van der Waals surface area contributed by atoms with E-state index in [1.54, 1.807) is 0 Å². The number of para-hydroxylation sites is 5. The SMILES string of the molecule is CC1(C)CCC(C)(C)c2cc(N3c4cc5c(cc4B4c6ccc(-c7ccc8c(c7)c7ccccc7n8-c7ccccc7)cc6N(c6ccccc6)c6cc(-c7ccc8c(c7)c7cccc9c%10ccccc%10n8c97)cc3c64)C(C)(C)CCC5(C)C)ccc21. The van der Waals surface area contributed by atoms with Crippen LogP contribution in [0.15, 0.2) is 224 Å². The molecule has 0 atom stereocenters. The fourth-order valence-corrected chi connectivity index (χ4v) is 16.9. The second-order valence-corrected chi connectivity index (χ2v) is 28.6. The Morgan fingerprint density at radius 2 is 0.759 bits per heavy atom. The van der Waals surface area contributed by atoms with Gasteiger partial charge in [-0.05, 0) is 205 Å². The molecule has 2 aliphatic carbocycles. The topological polar surface area (TPSA) is 15.8 Å². The maximum absolute atomic E-state index is 2.72. The molecule has 0 N–H and O–H groups in total. The zero-order chi connectivity index (χ0) is 58.6. The largest absolute Gasteiger partial charge is 0.311 e. The summed E-state index contributed by atoms with van der Waals surface area (Å²) in [7, 11) is 0. The third-order valence-electron chi connectivity index (χ3n) is 21.7. The molecule has 0 saturated heterocycles. The van der Waals surface area contributed by atoms with Crippen molar-refractivity contribution in [2.24, 2.45) is 0 Å². The van der Waals surface area contributed by atoms with E-state index in [1.807, 2.05) is 0 Å². The summed E-state index contributed by atoms with van der Waals surface area (Å²) in [5, 5.41) is 7.68. The lowest BCUT2D eigenvalue weighted by molar-refractivity contribution is 0.332. The summed E-state index contributed by atoms with van der Waals surface area (Å²) >= 11 is 0. The first kappa shape index (κ1) is 51.0. The van der Waals surface area contributed by atoms with Gasteiger partial charge >= 0.3 is 0 Å². The van der Waals surface area contributed by atoms with E-state index < -0.39 is 0 Å². The molecule has 18 rings (SSSR count). The first-order chi connectivity index (χ1) is 42.1. The van der Waals surface area contributed by atoms with Gasteiger partial charge in [0.2, 0.25) is 0 Å². The summed E-state index contributed by atoms with van der Waals surface area (Å²) in [6.07, 6.45) is 4.62. The number of benzene rings is 11. The molecule has 4 nitrogen and oxygen atoms in total. The highest BCUT2D eigenvalue weighted by molar-refractivity contribution is 7.00. The molecule has 0 unspecified atom stereocenters. The van der Waals surface area contributed by atoms with Crippen LogP contribution >= 0.6 is 0 Å². The molecule has 420 valence electrons. The Balaban J connectivity index is 0.932. The summed E-state index contributed by atoms with van der Waals surface area (Å²) in [5.74, 6) is 0. The van der Waals surface area contributed by atoms with Crippen molar-refractivity contribution in [3.05, 3.63) is 247 Å². The lowest BCUT2D eigenvalue weighted by Gasteiger charge is -2.48. The molecule has 0 saturated carbocycles. The van der Waals surface area contributed by atoms with Crippen LogP contribution in [0.1, 0.15) is 103 Å². The Morgan fingerprint density at radius 1 is 0.299 bits per heavy atom. The summed E-state index contributed by atoms with van der Waals surface area (Å²) in [6, 6.07) is 86.7.